The second-order valence-electron chi connectivity index (χ2n) is 20.0. The van der Waals surface area contributed by atoms with Crippen molar-refractivity contribution in [1.29, 1.82) is 0 Å². The van der Waals surface area contributed by atoms with Crippen LogP contribution in [-0.4, -0.2) is 173 Å². The molecule has 0 radical (unpaired) electrons. The highest BCUT2D eigenvalue weighted by atomic mass is 16.4. The summed E-state index contributed by atoms with van der Waals surface area (Å²) in [4.78, 5) is 146. The molecule has 82 heavy (non-hydrogen) atoms. The number of hydrogen-bond acceptors (Lipinski definition) is 15. The molecule has 1 fully saturated rings. The van der Waals surface area contributed by atoms with Crippen LogP contribution in [0.25, 0.3) is 10.9 Å². The Kier molecular flexibility index (Phi) is 22.2. The van der Waals surface area contributed by atoms with Gasteiger partial charge in [-0.25, -0.2) is 9.78 Å². The molecule has 1 aliphatic heterocycles. The summed E-state index contributed by atoms with van der Waals surface area (Å²) in [6.45, 7) is 1.59. The van der Waals surface area contributed by atoms with Crippen molar-refractivity contribution in [3.63, 3.8) is 0 Å². The average molecular weight is 1140 g/mol. The maximum atomic E-state index is 14.8. The van der Waals surface area contributed by atoms with Gasteiger partial charge in [0.2, 0.25) is 53.2 Å². The van der Waals surface area contributed by atoms with Crippen LogP contribution in [-0.2, 0) is 73.6 Å². The molecular formula is C55H69N13O14. The van der Waals surface area contributed by atoms with Crippen LogP contribution in [0.5, 0.6) is 5.75 Å². The molecule has 0 bridgehead atoms. The highest BCUT2D eigenvalue weighted by molar-refractivity contribution is 5.98. The number of nitrogens with one attached hydrogen (secondary N) is 9. The molecule has 2 aromatic heterocycles. The number of primary amides is 1. The predicted octanol–water partition coefficient (Wildman–Crippen LogP) is -2.68. The van der Waals surface area contributed by atoms with Crippen molar-refractivity contribution in [2.24, 2.45) is 11.5 Å². The highest BCUT2D eigenvalue weighted by Crippen LogP contribution is 2.22. The molecule has 0 aliphatic carbocycles. The zero-order valence-corrected chi connectivity index (χ0v) is 45.0. The maximum absolute atomic E-state index is 14.8. The van der Waals surface area contributed by atoms with E-state index in [4.69, 9.17) is 11.5 Å². The van der Waals surface area contributed by atoms with Crippen molar-refractivity contribution in [1.82, 2.24) is 57.1 Å². The number of carboxylic acids is 1. The normalized spacial score (nSPS) is 16.4. The van der Waals surface area contributed by atoms with Crippen molar-refractivity contribution in [2.75, 3.05) is 13.1 Å². The standard InChI is InChI=1S/C55H69N13O14/c1-29(69)46(66-45(73)27-60-49(75)39(18-19-44(57)72)62-48(74)37(56)23-33-25-59-38-12-7-6-11-36(33)38)53(79)64-41(24-34-26-58-28-61-34)50(76)65-42(22-31-9-4-3-5-10-31)54(80)68-20-8-13-43(68)52(78)63-40(21-32-14-16-35(71)17-15-32)51(77)67-47(30(2)70)55(81)82/h3-7,9-12,14-17,25-26,28-30,37,39-43,46-47,59,69-71H,8,13,18-24,27,56H2,1-2H3,(H2,57,72)(H,58,61)(H,60,75)(H,62,74)(H,63,78)(H,64,79)(H,65,76)(H,66,73)(H,67,77)(H,81,82)/t29-,30-,37+,39+,40+,41+,42+,43+,46+,47+/m1/s1. The summed E-state index contributed by atoms with van der Waals surface area (Å²) in [6, 6.07) is 10.0. The number of phenols is 1. The average Bonchev–Trinajstić information content (AvgIpc) is 4.33. The van der Waals surface area contributed by atoms with Crippen molar-refractivity contribution < 1.29 is 68.4 Å². The third kappa shape index (κ3) is 17.6. The number of carbonyl (C=O) groups excluding carboxylic acids is 9. The van der Waals surface area contributed by atoms with Gasteiger partial charge < -0.3 is 84.0 Å². The molecule has 9 amide bonds. The molecular weight excluding hydrogens is 1070 g/mol. The number of phenolic OH excluding ortho intramolecular Hbond substituents is 1. The summed E-state index contributed by atoms with van der Waals surface area (Å²) >= 11 is 0. The van der Waals surface area contributed by atoms with Gasteiger partial charge in [-0.1, -0.05) is 60.7 Å². The van der Waals surface area contributed by atoms with E-state index in [9.17, 15) is 68.4 Å². The van der Waals surface area contributed by atoms with Crippen molar-refractivity contribution in [3.8, 4) is 5.75 Å². The van der Waals surface area contributed by atoms with Gasteiger partial charge in [0.05, 0.1) is 31.1 Å². The van der Waals surface area contributed by atoms with E-state index in [1.807, 2.05) is 24.3 Å². The summed E-state index contributed by atoms with van der Waals surface area (Å²) in [5, 5.41) is 58.6. The van der Waals surface area contributed by atoms with E-state index in [0.29, 0.717) is 23.2 Å². The Morgan fingerprint density at radius 2 is 1.30 bits per heavy atom. The number of aliphatic hydroxyl groups excluding tert-OH is 2. The molecule has 27 nitrogen and oxygen atoms in total. The van der Waals surface area contributed by atoms with Crippen LogP contribution in [0.1, 0.15) is 61.9 Å². The number of nitrogens with two attached hydrogens (primary N) is 2. The van der Waals surface area contributed by atoms with E-state index in [2.05, 4.69) is 52.2 Å². The summed E-state index contributed by atoms with van der Waals surface area (Å²) in [5.74, 6) is -9.47. The minimum Gasteiger partial charge on any atom is -0.508 e. The first-order valence-electron chi connectivity index (χ1n) is 26.4. The van der Waals surface area contributed by atoms with Gasteiger partial charge in [0, 0.05) is 61.2 Å². The Labute approximate surface area is 470 Å². The molecule has 0 spiro atoms. The fourth-order valence-corrected chi connectivity index (χ4v) is 9.28. The number of aromatic amines is 2. The number of hydrogen-bond donors (Lipinski definition) is 15. The zero-order valence-electron chi connectivity index (χ0n) is 45.0. The highest BCUT2D eigenvalue weighted by Gasteiger charge is 2.41. The largest absolute Gasteiger partial charge is 0.508 e. The predicted molar refractivity (Wildman–Crippen MR) is 293 cm³/mol. The molecule has 27 heteroatoms. The fourth-order valence-electron chi connectivity index (χ4n) is 9.28. The molecule has 3 heterocycles. The van der Waals surface area contributed by atoms with Crippen LogP contribution in [0.4, 0.5) is 0 Å². The number of rotatable bonds is 29. The van der Waals surface area contributed by atoms with Crippen LogP contribution < -0.4 is 48.7 Å². The van der Waals surface area contributed by atoms with Crippen molar-refractivity contribution >= 4 is 70.0 Å². The SMILES string of the molecule is C[C@@H](O)[C@H](NC(=O)[C@H](Cc1ccc(O)cc1)NC(=O)[C@@H]1CCCN1C(=O)[C@H](Cc1ccccc1)NC(=O)[C@H](Cc1cnc[nH]1)NC(=O)[C@@H](NC(=O)CNC(=O)[C@H](CCC(N)=O)NC(=O)[C@@H](N)Cc1c[nH]c2ccccc12)[C@@H](C)O)C(=O)O. The van der Waals surface area contributed by atoms with Gasteiger partial charge in [0.25, 0.3) is 0 Å². The summed E-state index contributed by atoms with van der Waals surface area (Å²) < 4.78 is 0. The first-order valence-corrected chi connectivity index (χ1v) is 26.4. The molecule has 0 saturated carbocycles. The number of amides is 9. The molecule has 3 aromatic carbocycles. The van der Waals surface area contributed by atoms with Gasteiger partial charge in [0.1, 0.15) is 42.0 Å². The number of carbonyl (C=O) groups is 10. The first-order chi connectivity index (χ1) is 39.1. The number of aromatic nitrogens is 3. The van der Waals surface area contributed by atoms with Crippen LogP contribution >= 0.6 is 0 Å². The van der Waals surface area contributed by atoms with Crippen LogP contribution in [0.15, 0.2) is 97.6 Å². The third-order valence-electron chi connectivity index (χ3n) is 13.7. The number of likely N-dealkylation sites (tertiary alicyclic amines) is 1. The van der Waals surface area contributed by atoms with E-state index in [-0.39, 0.29) is 57.2 Å². The Morgan fingerprint density at radius 1 is 0.683 bits per heavy atom. The van der Waals surface area contributed by atoms with Crippen molar-refractivity contribution in [2.45, 2.75) is 126 Å². The molecule has 438 valence electrons. The maximum Gasteiger partial charge on any atom is 0.328 e. The van der Waals surface area contributed by atoms with Crippen LogP contribution in [0, 0.1) is 0 Å². The number of nitrogens with zero attached hydrogens (tertiary/aromatic N) is 2. The van der Waals surface area contributed by atoms with Gasteiger partial charge in [-0.05, 0) is 74.4 Å². The van der Waals surface area contributed by atoms with Crippen LogP contribution in [0.2, 0.25) is 0 Å². The molecule has 17 N–H and O–H groups in total. The summed E-state index contributed by atoms with van der Waals surface area (Å²) in [7, 11) is 0. The number of aromatic hydroxyl groups is 1. The fraction of sp³-hybridized carbons (Fsp3) is 0.400. The molecule has 6 rings (SSSR count). The number of aliphatic carboxylic acids is 1. The Hall–Kier alpha value is -9.21. The summed E-state index contributed by atoms with van der Waals surface area (Å²) in [6.07, 6.45) is 0.641. The number of benzene rings is 3. The van der Waals surface area contributed by atoms with Gasteiger partial charge in [-0.3, -0.25) is 43.2 Å². The summed E-state index contributed by atoms with van der Waals surface area (Å²) in [5.41, 5.74) is 14.5. The lowest BCUT2D eigenvalue weighted by molar-refractivity contribution is -0.145. The monoisotopic (exact) mass is 1140 g/mol. The van der Waals surface area contributed by atoms with Gasteiger partial charge >= 0.3 is 5.97 Å². The number of aliphatic hydroxyl groups is 2. The Balaban J connectivity index is 1.14. The lowest BCUT2D eigenvalue weighted by atomic mass is 10.0. The molecule has 0 unspecified atom stereocenters. The van der Waals surface area contributed by atoms with E-state index >= 15 is 0 Å². The molecule has 10 atom stereocenters. The third-order valence-corrected chi connectivity index (χ3v) is 13.7. The number of H-pyrrole nitrogens is 2. The minimum absolute atomic E-state index is 0.0316. The topological polar surface area (TPSA) is 436 Å². The molecule has 1 saturated heterocycles. The quantitative estimate of drug-likeness (QED) is 0.0232. The number of para-hydroxylation sites is 1. The van der Waals surface area contributed by atoms with Crippen molar-refractivity contribution in [3.05, 3.63) is 120 Å². The van der Waals surface area contributed by atoms with Crippen LogP contribution in [0.3, 0.4) is 0 Å². The zero-order chi connectivity index (χ0) is 59.6. The van der Waals surface area contributed by atoms with E-state index < -0.39 is 126 Å². The van der Waals surface area contributed by atoms with E-state index in [1.54, 1.807) is 36.5 Å². The van der Waals surface area contributed by atoms with E-state index in [1.165, 1.54) is 48.6 Å². The van der Waals surface area contributed by atoms with E-state index in [0.717, 1.165) is 23.4 Å². The lowest BCUT2D eigenvalue weighted by Gasteiger charge is -2.31. The van der Waals surface area contributed by atoms with Gasteiger partial charge in [-0.2, -0.15) is 0 Å². The Morgan fingerprint density at radius 3 is 1.96 bits per heavy atom. The Bertz CT molecular complexity index is 3040. The van der Waals surface area contributed by atoms with Gasteiger partial charge in [-0.15, -0.1) is 0 Å². The smallest absolute Gasteiger partial charge is 0.328 e. The first kappa shape index (κ1) is 62.0. The number of fused-ring (bicyclic) bond motifs is 1. The number of carboxylic acid groups (broad SMARTS) is 1. The molecule has 5 aromatic rings. The lowest BCUT2D eigenvalue weighted by Crippen LogP contribution is -2.61. The number of imidazole rings is 1. The molecule has 1 aliphatic rings. The second kappa shape index (κ2) is 29.3. The second-order valence-corrected chi connectivity index (χ2v) is 20.0. The van der Waals surface area contributed by atoms with Gasteiger partial charge in [0.15, 0.2) is 6.04 Å². The minimum atomic E-state index is -1.75.